The van der Waals surface area contributed by atoms with Gasteiger partial charge in [0.2, 0.25) is 0 Å². The molecule has 0 fully saturated rings. The Labute approximate surface area is 148 Å². The molecular formula is C19H25N5O. The molecule has 132 valence electrons. The van der Waals surface area contributed by atoms with Gasteiger partial charge >= 0.3 is 0 Å². The number of aryl methyl sites for hydroxylation is 2. The van der Waals surface area contributed by atoms with Crippen LogP contribution < -0.4 is 4.90 Å². The van der Waals surface area contributed by atoms with Crippen molar-refractivity contribution in [3.05, 3.63) is 47.9 Å². The fourth-order valence-electron chi connectivity index (χ4n) is 2.89. The van der Waals surface area contributed by atoms with Gasteiger partial charge in [-0.1, -0.05) is 37.3 Å². The van der Waals surface area contributed by atoms with Gasteiger partial charge < -0.3 is 10.0 Å². The van der Waals surface area contributed by atoms with Crippen molar-refractivity contribution in [2.45, 2.75) is 39.3 Å². The standard InChI is InChI=1S/C19H25N5O/c1-5-19(3,25)13-24(12-15-9-7-6-8-10-15)18-16-11-20-23(4)17(16)21-14(2)22-18/h6-11,25H,5,12-13H2,1-4H3. The number of rotatable bonds is 6. The summed E-state index contributed by atoms with van der Waals surface area (Å²) >= 11 is 0. The zero-order chi connectivity index (χ0) is 18.0. The number of aliphatic hydroxyl groups is 1. The van der Waals surface area contributed by atoms with Crippen LogP contribution in [0.4, 0.5) is 5.82 Å². The number of benzene rings is 1. The summed E-state index contributed by atoms with van der Waals surface area (Å²) in [6.07, 6.45) is 2.46. The van der Waals surface area contributed by atoms with E-state index in [1.165, 1.54) is 5.56 Å². The van der Waals surface area contributed by atoms with Gasteiger partial charge in [0.15, 0.2) is 5.65 Å². The number of aromatic nitrogens is 4. The predicted octanol–water partition coefficient (Wildman–Crippen LogP) is 2.84. The quantitative estimate of drug-likeness (QED) is 0.748. The zero-order valence-electron chi connectivity index (χ0n) is 15.3. The summed E-state index contributed by atoms with van der Waals surface area (Å²) < 4.78 is 1.76. The Morgan fingerprint density at radius 3 is 2.60 bits per heavy atom. The number of nitrogens with zero attached hydrogens (tertiary/aromatic N) is 5. The van der Waals surface area contributed by atoms with E-state index in [1.54, 1.807) is 10.9 Å². The highest BCUT2D eigenvalue weighted by molar-refractivity contribution is 5.87. The summed E-state index contributed by atoms with van der Waals surface area (Å²) in [5, 5.41) is 15.9. The fraction of sp³-hybridized carbons (Fsp3) is 0.421. The molecule has 0 saturated carbocycles. The molecule has 1 atom stereocenters. The fourth-order valence-corrected chi connectivity index (χ4v) is 2.89. The van der Waals surface area contributed by atoms with Crippen molar-refractivity contribution in [2.24, 2.45) is 7.05 Å². The molecule has 0 radical (unpaired) electrons. The third kappa shape index (κ3) is 3.79. The van der Waals surface area contributed by atoms with Crippen LogP contribution in [0.3, 0.4) is 0 Å². The van der Waals surface area contributed by atoms with Crippen molar-refractivity contribution in [1.29, 1.82) is 0 Å². The number of hydrogen-bond donors (Lipinski definition) is 1. The smallest absolute Gasteiger partial charge is 0.163 e. The Kier molecular flexibility index (Phi) is 4.72. The molecule has 0 aliphatic rings. The SMILES string of the molecule is CCC(C)(O)CN(Cc1ccccc1)c1nc(C)nc2c1cnn2C. The first kappa shape index (κ1) is 17.4. The molecule has 1 unspecified atom stereocenters. The van der Waals surface area contributed by atoms with E-state index in [2.05, 4.69) is 32.1 Å². The monoisotopic (exact) mass is 339 g/mol. The Bertz CT molecular complexity index is 857. The van der Waals surface area contributed by atoms with E-state index in [9.17, 15) is 5.11 Å². The van der Waals surface area contributed by atoms with Crippen LogP contribution in [0.15, 0.2) is 36.5 Å². The Morgan fingerprint density at radius 1 is 1.20 bits per heavy atom. The third-order valence-electron chi connectivity index (χ3n) is 4.49. The summed E-state index contributed by atoms with van der Waals surface area (Å²) in [6.45, 7) is 6.88. The predicted molar refractivity (Wildman–Crippen MR) is 99.4 cm³/mol. The van der Waals surface area contributed by atoms with Crippen LogP contribution in [0.2, 0.25) is 0 Å². The van der Waals surface area contributed by atoms with Crippen molar-refractivity contribution < 1.29 is 5.11 Å². The summed E-state index contributed by atoms with van der Waals surface area (Å²) in [7, 11) is 1.88. The van der Waals surface area contributed by atoms with E-state index in [0.29, 0.717) is 25.3 Å². The number of hydrogen-bond acceptors (Lipinski definition) is 5. The molecule has 0 amide bonds. The van der Waals surface area contributed by atoms with Gasteiger partial charge in [0.1, 0.15) is 11.6 Å². The van der Waals surface area contributed by atoms with E-state index in [1.807, 2.05) is 46.0 Å². The lowest BCUT2D eigenvalue weighted by molar-refractivity contribution is 0.0625. The molecule has 25 heavy (non-hydrogen) atoms. The lowest BCUT2D eigenvalue weighted by atomic mass is 10.0. The molecule has 3 aromatic rings. The highest BCUT2D eigenvalue weighted by atomic mass is 16.3. The first-order valence-electron chi connectivity index (χ1n) is 8.57. The van der Waals surface area contributed by atoms with Gasteiger partial charge in [0, 0.05) is 20.1 Å². The van der Waals surface area contributed by atoms with Gasteiger partial charge in [-0.05, 0) is 25.8 Å². The third-order valence-corrected chi connectivity index (χ3v) is 4.49. The van der Waals surface area contributed by atoms with Gasteiger partial charge in [-0.3, -0.25) is 4.68 Å². The minimum atomic E-state index is -0.803. The highest BCUT2D eigenvalue weighted by Crippen LogP contribution is 2.27. The topological polar surface area (TPSA) is 67.1 Å². The van der Waals surface area contributed by atoms with Gasteiger partial charge in [0.25, 0.3) is 0 Å². The van der Waals surface area contributed by atoms with E-state index >= 15 is 0 Å². The maximum Gasteiger partial charge on any atom is 0.163 e. The largest absolute Gasteiger partial charge is 0.388 e. The second-order valence-electron chi connectivity index (χ2n) is 6.79. The molecule has 0 aliphatic carbocycles. The molecule has 6 nitrogen and oxygen atoms in total. The van der Waals surface area contributed by atoms with Gasteiger partial charge in [0.05, 0.1) is 17.2 Å². The highest BCUT2D eigenvalue weighted by Gasteiger charge is 2.25. The van der Waals surface area contributed by atoms with Crippen molar-refractivity contribution in [1.82, 2.24) is 19.7 Å². The Morgan fingerprint density at radius 2 is 1.92 bits per heavy atom. The number of anilines is 1. The van der Waals surface area contributed by atoms with Crippen molar-refractivity contribution in [2.75, 3.05) is 11.4 Å². The van der Waals surface area contributed by atoms with Crippen LogP contribution in [0.5, 0.6) is 0 Å². The molecule has 1 N–H and O–H groups in total. The van der Waals surface area contributed by atoms with Crippen LogP contribution in [0, 0.1) is 6.92 Å². The maximum absolute atomic E-state index is 10.7. The van der Waals surface area contributed by atoms with Gasteiger partial charge in [-0.25, -0.2) is 9.97 Å². The number of fused-ring (bicyclic) bond motifs is 1. The van der Waals surface area contributed by atoms with Gasteiger partial charge in [-0.2, -0.15) is 5.10 Å². The van der Waals surface area contributed by atoms with E-state index in [0.717, 1.165) is 16.9 Å². The summed E-state index contributed by atoms with van der Waals surface area (Å²) in [5.74, 6) is 1.51. The van der Waals surface area contributed by atoms with E-state index in [4.69, 9.17) is 0 Å². The van der Waals surface area contributed by atoms with Crippen LogP contribution in [-0.4, -0.2) is 37.0 Å². The van der Waals surface area contributed by atoms with Crippen LogP contribution in [-0.2, 0) is 13.6 Å². The van der Waals surface area contributed by atoms with Gasteiger partial charge in [-0.15, -0.1) is 0 Å². The second kappa shape index (κ2) is 6.80. The lowest BCUT2D eigenvalue weighted by Gasteiger charge is -2.32. The molecule has 3 rings (SSSR count). The minimum absolute atomic E-state index is 0.485. The van der Waals surface area contributed by atoms with Crippen LogP contribution in [0.25, 0.3) is 11.0 Å². The molecule has 1 aromatic carbocycles. The average Bonchev–Trinajstić information content (AvgIpc) is 2.95. The zero-order valence-corrected chi connectivity index (χ0v) is 15.3. The maximum atomic E-state index is 10.7. The molecule has 6 heteroatoms. The van der Waals surface area contributed by atoms with Crippen molar-refractivity contribution in [3.63, 3.8) is 0 Å². The van der Waals surface area contributed by atoms with E-state index < -0.39 is 5.60 Å². The molecule has 0 bridgehead atoms. The van der Waals surface area contributed by atoms with Crippen molar-refractivity contribution in [3.8, 4) is 0 Å². The Hall–Kier alpha value is -2.47. The summed E-state index contributed by atoms with van der Waals surface area (Å²) in [6, 6.07) is 10.2. The first-order chi connectivity index (χ1) is 11.9. The Balaban J connectivity index is 2.07. The molecule has 0 aliphatic heterocycles. The first-order valence-corrected chi connectivity index (χ1v) is 8.57. The second-order valence-corrected chi connectivity index (χ2v) is 6.79. The summed E-state index contributed by atoms with van der Waals surface area (Å²) in [5.41, 5.74) is 1.17. The molecule has 2 aromatic heterocycles. The molecule has 0 saturated heterocycles. The normalized spacial score (nSPS) is 13.8. The van der Waals surface area contributed by atoms with E-state index in [-0.39, 0.29) is 0 Å². The summed E-state index contributed by atoms with van der Waals surface area (Å²) in [4.78, 5) is 11.3. The molecule has 2 heterocycles. The molecular weight excluding hydrogens is 314 g/mol. The van der Waals surface area contributed by atoms with Crippen LogP contribution in [0.1, 0.15) is 31.7 Å². The van der Waals surface area contributed by atoms with Crippen LogP contribution >= 0.6 is 0 Å². The average molecular weight is 339 g/mol. The minimum Gasteiger partial charge on any atom is -0.388 e. The molecule has 0 spiro atoms. The van der Waals surface area contributed by atoms with Crippen molar-refractivity contribution >= 4 is 16.9 Å². The lowest BCUT2D eigenvalue weighted by Crippen LogP contribution is -2.40.